The summed E-state index contributed by atoms with van der Waals surface area (Å²) in [6, 6.07) is 5.02. The van der Waals surface area contributed by atoms with Crippen LogP contribution in [0.1, 0.15) is 67.2 Å². The fourth-order valence-electron chi connectivity index (χ4n) is 1.38. The van der Waals surface area contributed by atoms with Gasteiger partial charge in [0.05, 0.1) is 24.3 Å². The Bertz CT molecular complexity index is 484. The van der Waals surface area contributed by atoms with Crippen molar-refractivity contribution in [2.45, 2.75) is 52.7 Å². The summed E-state index contributed by atoms with van der Waals surface area (Å²) in [4.78, 5) is 20.7. The highest BCUT2D eigenvalue weighted by Gasteiger charge is 2.13. The fourth-order valence-corrected chi connectivity index (χ4v) is 1.38. The van der Waals surface area contributed by atoms with Crippen LogP contribution < -0.4 is 0 Å². The van der Waals surface area contributed by atoms with Crippen LogP contribution in [-0.2, 0) is 0 Å². The molecule has 27 heavy (non-hydrogen) atoms. The average molecular weight is 388 g/mol. The number of unbranched alkanes of at least 4 members (excludes halogenated alkanes) is 2. The van der Waals surface area contributed by atoms with Gasteiger partial charge >= 0.3 is 11.9 Å². The van der Waals surface area contributed by atoms with Crippen molar-refractivity contribution in [2.75, 3.05) is 13.2 Å². The molecular formula is C19H32O8. The van der Waals surface area contributed by atoms with Crippen molar-refractivity contribution in [1.82, 2.24) is 0 Å². The zero-order valence-corrected chi connectivity index (χ0v) is 16.1. The Morgan fingerprint density at radius 3 is 1.44 bits per heavy atom. The van der Waals surface area contributed by atoms with Gasteiger partial charge in [-0.05, 0) is 37.1 Å². The second-order valence-corrected chi connectivity index (χ2v) is 6.64. The minimum atomic E-state index is -1.10. The largest absolute Gasteiger partial charge is 0.478 e. The molecule has 0 radical (unpaired) electrons. The molecular weight excluding hydrogens is 356 g/mol. The van der Waals surface area contributed by atoms with E-state index in [2.05, 4.69) is 6.92 Å². The quantitative estimate of drug-likeness (QED) is 0.291. The first-order valence-corrected chi connectivity index (χ1v) is 8.65. The molecule has 0 bridgehead atoms. The third-order valence-electron chi connectivity index (χ3n) is 3.30. The summed E-state index contributed by atoms with van der Waals surface area (Å²) in [6.07, 6.45) is 2.58. The molecule has 0 fully saturated rings. The zero-order chi connectivity index (χ0) is 21.5. The topological polar surface area (TPSA) is 156 Å². The van der Waals surface area contributed by atoms with E-state index in [0.29, 0.717) is 6.42 Å². The SMILES string of the molecule is CC(C)(CO)CO.CCCCCC(O)O.O=C(O)c1ccc(C(=O)O)cc1. The van der Waals surface area contributed by atoms with Gasteiger partial charge in [-0.1, -0.05) is 33.6 Å². The number of aliphatic hydroxyl groups is 4. The molecule has 0 atom stereocenters. The predicted octanol–water partition coefficient (Wildman–Crippen LogP) is 1.96. The van der Waals surface area contributed by atoms with Gasteiger partial charge in [-0.15, -0.1) is 0 Å². The van der Waals surface area contributed by atoms with Crippen molar-refractivity contribution in [3.63, 3.8) is 0 Å². The Morgan fingerprint density at radius 2 is 1.26 bits per heavy atom. The maximum atomic E-state index is 10.3. The highest BCUT2D eigenvalue weighted by Crippen LogP contribution is 2.10. The van der Waals surface area contributed by atoms with Crippen LogP contribution in [0.25, 0.3) is 0 Å². The van der Waals surface area contributed by atoms with Gasteiger partial charge in [0, 0.05) is 5.41 Å². The number of benzene rings is 1. The summed E-state index contributed by atoms with van der Waals surface area (Å²) in [5.74, 6) is -2.13. The summed E-state index contributed by atoms with van der Waals surface area (Å²) < 4.78 is 0. The molecule has 156 valence electrons. The third-order valence-corrected chi connectivity index (χ3v) is 3.30. The highest BCUT2D eigenvalue weighted by atomic mass is 16.5. The van der Waals surface area contributed by atoms with Crippen molar-refractivity contribution in [1.29, 1.82) is 0 Å². The molecule has 0 aliphatic heterocycles. The molecule has 8 heteroatoms. The Labute approximate surface area is 159 Å². The minimum Gasteiger partial charge on any atom is -0.478 e. The summed E-state index contributed by atoms with van der Waals surface area (Å²) in [6.45, 7) is 5.77. The van der Waals surface area contributed by atoms with Crippen molar-refractivity contribution in [2.24, 2.45) is 5.41 Å². The minimum absolute atomic E-state index is 0.0451. The second kappa shape index (κ2) is 15.1. The van der Waals surface area contributed by atoms with E-state index in [-0.39, 0.29) is 29.8 Å². The van der Waals surface area contributed by atoms with Gasteiger partial charge < -0.3 is 30.6 Å². The predicted molar refractivity (Wildman–Crippen MR) is 101 cm³/mol. The number of carbonyl (C=O) groups is 2. The highest BCUT2D eigenvalue weighted by molar-refractivity contribution is 5.91. The monoisotopic (exact) mass is 388 g/mol. The Balaban J connectivity index is 0. The molecule has 0 amide bonds. The van der Waals surface area contributed by atoms with Gasteiger partial charge in [-0.2, -0.15) is 0 Å². The number of carboxylic acids is 2. The number of carboxylic acid groups (broad SMARTS) is 2. The molecule has 6 N–H and O–H groups in total. The summed E-state index contributed by atoms with van der Waals surface area (Å²) in [7, 11) is 0. The van der Waals surface area contributed by atoms with Crippen LogP contribution >= 0.6 is 0 Å². The van der Waals surface area contributed by atoms with Crippen LogP contribution in [0.4, 0.5) is 0 Å². The lowest BCUT2D eigenvalue weighted by Gasteiger charge is -2.16. The van der Waals surface area contributed by atoms with E-state index in [4.69, 9.17) is 30.6 Å². The molecule has 1 aromatic carbocycles. The standard InChI is InChI=1S/C8H6O4.C6H14O2.C5H12O2/c9-7(10)5-1-2-6(4-3-5)8(11)12;1-2-3-4-5-6(7)8;1-5(2,3-6)4-7/h1-4H,(H,9,10)(H,11,12);6-8H,2-5H2,1H3;6-7H,3-4H2,1-2H3. The molecule has 0 spiro atoms. The normalized spacial score (nSPS) is 10.4. The molecule has 0 aromatic heterocycles. The molecule has 8 nitrogen and oxygen atoms in total. The van der Waals surface area contributed by atoms with Gasteiger partial charge in [0.2, 0.25) is 0 Å². The van der Waals surface area contributed by atoms with Crippen LogP contribution in [0.15, 0.2) is 24.3 Å². The second-order valence-electron chi connectivity index (χ2n) is 6.64. The first-order chi connectivity index (χ1) is 12.5. The van der Waals surface area contributed by atoms with Crippen LogP contribution in [0, 0.1) is 5.41 Å². The van der Waals surface area contributed by atoms with E-state index in [1.54, 1.807) is 13.8 Å². The lowest BCUT2D eigenvalue weighted by atomic mass is 9.97. The van der Waals surface area contributed by atoms with Crippen LogP contribution in [0.5, 0.6) is 0 Å². The lowest BCUT2D eigenvalue weighted by molar-refractivity contribution is -0.0465. The zero-order valence-electron chi connectivity index (χ0n) is 16.1. The van der Waals surface area contributed by atoms with E-state index in [1.165, 1.54) is 24.3 Å². The van der Waals surface area contributed by atoms with Crippen molar-refractivity contribution < 1.29 is 40.2 Å². The summed E-state index contributed by atoms with van der Waals surface area (Å²) >= 11 is 0. The van der Waals surface area contributed by atoms with E-state index < -0.39 is 18.2 Å². The number of aromatic carboxylic acids is 2. The van der Waals surface area contributed by atoms with Gasteiger partial charge in [-0.25, -0.2) is 9.59 Å². The van der Waals surface area contributed by atoms with Crippen LogP contribution in [-0.4, -0.2) is 62.1 Å². The third kappa shape index (κ3) is 15.9. The Morgan fingerprint density at radius 1 is 0.889 bits per heavy atom. The molecule has 0 aliphatic rings. The maximum absolute atomic E-state index is 10.3. The van der Waals surface area contributed by atoms with E-state index in [0.717, 1.165) is 19.3 Å². The van der Waals surface area contributed by atoms with Gasteiger partial charge in [0.1, 0.15) is 0 Å². The van der Waals surface area contributed by atoms with Crippen molar-refractivity contribution >= 4 is 11.9 Å². The molecule has 0 saturated heterocycles. The van der Waals surface area contributed by atoms with Gasteiger partial charge in [-0.3, -0.25) is 0 Å². The van der Waals surface area contributed by atoms with Gasteiger partial charge in [0.25, 0.3) is 0 Å². The average Bonchev–Trinajstić information content (AvgIpc) is 2.63. The van der Waals surface area contributed by atoms with Gasteiger partial charge in [0.15, 0.2) is 6.29 Å². The smallest absolute Gasteiger partial charge is 0.335 e. The number of rotatable bonds is 8. The first kappa shape index (κ1) is 27.2. The maximum Gasteiger partial charge on any atom is 0.335 e. The van der Waals surface area contributed by atoms with E-state index >= 15 is 0 Å². The van der Waals surface area contributed by atoms with Crippen LogP contribution in [0.2, 0.25) is 0 Å². The van der Waals surface area contributed by atoms with Crippen LogP contribution in [0.3, 0.4) is 0 Å². The molecule has 0 heterocycles. The number of hydrogen-bond donors (Lipinski definition) is 6. The van der Waals surface area contributed by atoms with E-state index in [1.807, 2.05) is 0 Å². The molecule has 1 rings (SSSR count). The Hall–Kier alpha value is -2.00. The molecule has 1 aromatic rings. The summed E-state index contributed by atoms with van der Waals surface area (Å²) in [5.41, 5.74) is -0.139. The lowest BCUT2D eigenvalue weighted by Crippen LogP contribution is -2.20. The van der Waals surface area contributed by atoms with E-state index in [9.17, 15) is 9.59 Å². The van der Waals surface area contributed by atoms with Crippen molar-refractivity contribution in [3.8, 4) is 0 Å². The number of hydrogen-bond acceptors (Lipinski definition) is 6. The molecule has 0 aliphatic carbocycles. The summed E-state index contributed by atoms with van der Waals surface area (Å²) in [5, 5.41) is 50.5. The Kier molecular flexibility index (Phi) is 15.2. The first-order valence-electron chi connectivity index (χ1n) is 8.65. The fraction of sp³-hybridized carbons (Fsp3) is 0.579. The molecule has 0 unspecified atom stereocenters. The number of aliphatic hydroxyl groups excluding tert-OH is 3. The molecule has 0 saturated carbocycles. The van der Waals surface area contributed by atoms with Crippen molar-refractivity contribution in [3.05, 3.63) is 35.4 Å².